The summed E-state index contributed by atoms with van der Waals surface area (Å²) in [5.41, 5.74) is 0. The lowest BCUT2D eigenvalue weighted by Gasteiger charge is -2.42. The average molecular weight is 861 g/mol. The maximum absolute atomic E-state index is 12.9. The summed E-state index contributed by atoms with van der Waals surface area (Å²) in [6.45, 7) is 3.63. The van der Waals surface area contributed by atoms with E-state index < -0.39 is 80.7 Å². The molecule has 0 radical (unpaired) electrons. The Morgan fingerprint density at radius 3 is 1.62 bits per heavy atom. The minimum atomic E-state index is -1.70. The van der Waals surface area contributed by atoms with Crippen molar-refractivity contribution in [2.24, 2.45) is 0 Å². The fourth-order valence-electron chi connectivity index (χ4n) is 7.31. The molecule has 2 fully saturated rings. The van der Waals surface area contributed by atoms with Gasteiger partial charge in [0.25, 0.3) is 0 Å². The van der Waals surface area contributed by atoms with E-state index in [-0.39, 0.29) is 25.6 Å². The summed E-state index contributed by atoms with van der Waals surface area (Å²) in [7, 11) is 0. The Kier molecular flexibility index (Phi) is 31.8. The van der Waals surface area contributed by atoms with Crippen LogP contribution in [0, 0.1) is 0 Å². The van der Waals surface area contributed by atoms with Gasteiger partial charge in [0.1, 0.15) is 54.9 Å². The Hall–Kier alpha value is -1.53. The number of aliphatic hydroxyl groups excluding tert-OH is 7. The molecule has 2 aliphatic rings. The van der Waals surface area contributed by atoms with Crippen LogP contribution in [0.2, 0.25) is 0 Å². The molecule has 0 aromatic heterocycles. The lowest BCUT2D eigenvalue weighted by Crippen LogP contribution is -2.61. The van der Waals surface area contributed by atoms with E-state index in [0.717, 1.165) is 64.2 Å². The molecule has 2 saturated heterocycles. The molecule has 0 bridgehead atoms. The van der Waals surface area contributed by atoms with Gasteiger partial charge in [-0.25, -0.2) is 0 Å². The third-order valence-corrected chi connectivity index (χ3v) is 11.2. The fourth-order valence-corrected chi connectivity index (χ4v) is 7.31. The lowest BCUT2D eigenvalue weighted by molar-refractivity contribution is -0.332. The molecular weight excluding hydrogens is 776 g/mol. The molecule has 0 aromatic carbocycles. The SMILES string of the molecule is CCCCCC/C=C\C/C=C\CCCCCCCC(=O)OC(COCCCCCCCCCCCC)COC1OC(COC2OC(CO)C(O)C(O)C2O)C(O)C(O)C1O. The van der Waals surface area contributed by atoms with Gasteiger partial charge in [0.2, 0.25) is 0 Å². The van der Waals surface area contributed by atoms with Crippen molar-refractivity contribution in [1.29, 1.82) is 0 Å². The van der Waals surface area contributed by atoms with E-state index in [1.54, 1.807) is 0 Å². The molecule has 0 aromatic rings. The second-order valence-corrected chi connectivity index (χ2v) is 16.6. The molecule has 14 heteroatoms. The van der Waals surface area contributed by atoms with Gasteiger partial charge in [0, 0.05) is 13.0 Å². The largest absolute Gasteiger partial charge is 0.457 e. The first-order valence-corrected chi connectivity index (χ1v) is 23.4. The first kappa shape index (κ1) is 54.6. The Bertz CT molecular complexity index is 1090. The topological polar surface area (TPSA) is 214 Å². The normalized spacial score (nSPS) is 27.9. The van der Waals surface area contributed by atoms with Crippen LogP contribution in [0.1, 0.15) is 162 Å². The standard InChI is InChI=1S/C46H84O14/c1-3-5-7-9-11-13-15-16-17-18-19-20-21-23-25-27-29-38(48)58-35(32-55-30-28-26-24-22-14-12-10-8-6-4-2)33-56-45-44(54)42(52)40(50)37(60-45)34-57-46-43(53)41(51)39(49)36(31-47)59-46/h13,15,17-18,35-37,39-47,49-54H,3-12,14,16,19-34H2,1-2H3/b15-13-,18-17-. The molecule has 2 heterocycles. The molecule has 352 valence electrons. The molecule has 14 nitrogen and oxygen atoms in total. The highest BCUT2D eigenvalue weighted by Gasteiger charge is 2.47. The van der Waals surface area contributed by atoms with Gasteiger partial charge in [-0.05, 0) is 44.9 Å². The number of esters is 1. The van der Waals surface area contributed by atoms with Gasteiger partial charge in [-0.1, -0.05) is 134 Å². The summed E-state index contributed by atoms with van der Waals surface area (Å²) < 4.78 is 34.1. The zero-order valence-corrected chi connectivity index (χ0v) is 36.9. The quantitative estimate of drug-likeness (QED) is 0.0230. The highest BCUT2D eigenvalue weighted by molar-refractivity contribution is 5.69. The maximum atomic E-state index is 12.9. The van der Waals surface area contributed by atoms with Crippen molar-refractivity contribution >= 4 is 5.97 Å². The molecule has 60 heavy (non-hydrogen) atoms. The molecule has 2 aliphatic heterocycles. The van der Waals surface area contributed by atoms with E-state index in [0.29, 0.717) is 13.0 Å². The summed E-state index contributed by atoms with van der Waals surface area (Å²) in [5, 5.41) is 71.9. The van der Waals surface area contributed by atoms with E-state index in [9.17, 15) is 40.5 Å². The van der Waals surface area contributed by atoms with Crippen molar-refractivity contribution in [2.45, 2.75) is 229 Å². The van der Waals surface area contributed by atoms with Crippen molar-refractivity contribution in [3.8, 4) is 0 Å². The lowest BCUT2D eigenvalue weighted by atomic mass is 9.98. The number of carbonyl (C=O) groups excluding carboxylic acids is 1. The van der Waals surface area contributed by atoms with Gasteiger partial charge in [0.05, 0.1) is 26.4 Å². The molecule has 0 amide bonds. The highest BCUT2D eigenvalue weighted by Crippen LogP contribution is 2.26. The van der Waals surface area contributed by atoms with Crippen LogP contribution in [-0.2, 0) is 33.2 Å². The summed E-state index contributed by atoms with van der Waals surface area (Å²) >= 11 is 0. The zero-order chi connectivity index (χ0) is 43.8. The van der Waals surface area contributed by atoms with Gasteiger partial charge in [-0.2, -0.15) is 0 Å². The van der Waals surface area contributed by atoms with Crippen molar-refractivity contribution in [1.82, 2.24) is 0 Å². The van der Waals surface area contributed by atoms with Crippen molar-refractivity contribution in [3.05, 3.63) is 24.3 Å². The zero-order valence-electron chi connectivity index (χ0n) is 36.9. The molecule has 11 atom stereocenters. The average Bonchev–Trinajstić information content (AvgIpc) is 3.24. The monoisotopic (exact) mass is 861 g/mol. The smallest absolute Gasteiger partial charge is 0.306 e. The molecule has 0 aliphatic carbocycles. The number of aliphatic hydroxyl groups is 7. The predicted molar refractivity (Wildman–Crippen MR) is 229 cm³/mol. The predicted octanol–water partition coefficient (Wildman–Crippen LogP) is 5.68. The van der Waals surface area contributed by atoms with Crippen molar-refractivity contribution in [2.75, 3.05) is 33.0 Å². The van der Waals surface area contributed by atoms with Crippen LogP contribution in [0.15, 0.2) is 24.3 Å². The van der Waals surface area contributed by atoms with Gasteiger partial charge in [0.15, 0.2) is 12.6 Å². The second kappa shape index (κ2) is 34.9. The molecule has 2 rings (SSSR count). The minimum Gasteiger partial charge on any atom is -0.457 e. The first-order chi connectivity index (χ1) is 29.1. The summed E-state index contributed by atoms with van der Waals surface area (Å²) in [6, 6.07) is 0. The Labute approximate surface area is 360 Å². The van der Waals surface area contributed by atoms with Gasteiger partial charge < -0.3 is 64.2 Å². The maximum Gasteiger partial charge on any atom is 0.306 e. The third-order valence-electron chi connectivity index (χ3n) is 11.2. The van der Waals surface area contributed by atoms with Crippen molar-refractivity contribution in [3.63, 3.8) is 0 Å². The number of allylic oxidation sites excluding steroid dienone is 4. The minimum absolute atomic E-state index is 0.0586. The van der Waals surface area contributed by atoms with E-state index in [4.69, 9.17) is 28.4 Å². The Balaban J connectivity index is 1.80. The molecule has 0 spiro atoms. The second-order valence-electron chi connectivity index (χ2n) is 16.6. The van der Waals surface area contributed by atoms with Crippen LogP contribution in [0.4, 0.5) is 0 Å². The van der Waals surface area contributed by atoms with Crippen LogP contribution in [0.5, 0.6) is 0 Å². The summed E-state index contributed by atoms with van der Waals surface area (Å²) in [6.07, 6.45) is 18.2. The van der Waals surface area contributed by atoms with E-state index in [1.165, 1.54) is 70.6 Å². The number of hydrogen-bond donors (Lipinski definition) is 7. The van der Waals surface area contributed by atoms with Crippen LogP contribution in [0.25, 0.3) is 0 Å². The molecular formula is C46H84O14. The molecule has 7 N–H and O–H groups in total. The van der Waals surface area contributed by atoms with Crippen LogP contribution in [0.3, 0.4) is 0 Å². The third kappa shape index (κ3) is 23.2. The van der Waals surface area contributed by atoms with Crippen LogP contribution >= 0.6 is 0 Å². The van der Waals surface area contributed by atoms with Gasteiger partial charge >= 0.3 is 5.97 Å². The number of unbranched alkanes of at least 4 members (excludes halogenated alkanes) is 18. The number of rotatable bonds is 36. The molecule has 11 unspecified atom stereocenters. The van der Waals surface area contributed by atoms with Crippen LogP contribution < -0.4 is 0 Å². The number of carbonyl (C=O) groups is 1. The van der Waals surface area contributed by atoms with Gasteiger partial charge in [-0.15, -0.1) is 0 Å². The van der Waals surface area contributed by atoms with E-state index >= 15 is 0 Å². The van der Waals surface area contributed by atoms with E-state index in [2.05, 4.69) is 38.2 Å². The number of ether oxygens (including phenoxy) is 6. The highest BCUT2D eigenvalue weighted by atomic mass is 16.7. The van der Waals surface area contributed by atoms with E-state index in [1.807, 2.05) is 0 Å². The Morgan fingerprint density at radius 2 is 1.03 bits per heavy atom. The van der Waals surface area contributed by atoms with Crippen LogP contribution in [-0.4, -0.2) is 142 Å². The fraction of sp³-hybridized carbons (Fsp3) is 0.891. The van der Waals surface area contributed by atoms with Gasteiger partial charge in [-0.3, -0.25) is 4.79 Å². The summed E-state index contributed by atoms with van der Waals surface area (Å²) in [5.74, 6) is -0.390. The van der Waals surface area contributed by atoms with Crippen molar-refractivity contribution < 1.29 is 69.0 Å². The Morgan fingerprint density at radius 1 is 0.550 bits per heavy atom. The molecule has 0 saturated carbocycles. The first-order valence-electron chi connectivity index (χ1n) is 23.4. The summed E-state index contributed by atoms with van der Waals surface area (Å²) in [4.78, 5) is 12.9. The number of hydrogen-bond acceptors (Lipinski definition) is 14.